The molecule has 2 aromatic carbocycles. The van der Waals surface area contributed by atoms with E-state index in [0.29, 0.717) is 43.3 Å². The van der Waals surface area contributed by atoms with Crippen LogP contribution in [0.3, 0.4) is 0 Å². The predicted octanol–water partition coefficient (Wildman–Crippen LogP) is 3.85. The maximum atomic E-state index is 13.3. The molecule has 0 amide bonds. The third kappa shape index (κ3) is 5.60. The largest absolute Gasteiger partial charge is 0.368 e. The van der Waals surface area contributed by atoms with Crippen LogP contribution >= 0.6 is 11.6 Å². The zero-order valence-corrected chi connectivity index (χ0v) is 20.9. The van der Waals surface area contributed by atoms with Gasteiger partial charge in [-0.2, -0.15) is 4.31 Å². The average molecular weight is 489 g/mol. The second-order valence-corrected chi connectivity index (χ2v) is 11.7. The molecule has 0 saturated carbocycles. The summed E-state index contributed by atoms with van der Waals surface area (Å²) in [6.45, 7) is 7.43. The number of aliphatic imine (C=N–C) groups is 1. The molecule has 0 unspecified atom stereocenters. The van der Waals surface area contributed by atoms with Crippen molar-refractivity contribution in [3.8, 4) is 0 Å². The molecule has 178 valence electrons. The van der Waals surface area contributed by atoms with Crippen molar-refractivity contribution < 1.29 is 8.42 Å². The first-order valence-corrected chi connectivity index (χ1v) is 13.5. The summed E-state index contributed by atoms with van der Waals surface area (Å²) in [6.07, 6.45) is 2.32. The number of hydrogen-bond donors (Lipinski definition) is 2. The zero-order valence-electron chi connectivity index (χ0n) is 19.4. The SMILES string of the molecule is CC(C)Cc1ccc(S(=O)(=O)N2CCC3(CC2)NCCN=C3NCc2ccc(Cl)cc2)cc1. The van der Waals surface area contributed by atoms with Crippen LogP contribution < -0.4 is 10.6 Å². The van der Waals surface area contributed by atoms with Gasteiger partial charge in [0.2, 0.25) is 10.0 Å². The van der Waals surface area contributed by atoms with Gasteiger partial charge in [-0.1, -0.05) is 49.7 Å². The molecule has 6 nitrogen and oxygen atoms in total. The average Bonchev–Trinajstić information content (AvgIpc) is 2.80. The van der Waals surface area contributed by atoms with Crippen molar-refractivity contribution in [2.24, 2.45) is 10.9 Å². The van der Waals surface area contributed by atoms with E-state index in [0.717, 1.165) is 35.9 Å². The lowest BCUT2D eigenvalue weighted by atomic mass is 9.85. The lowest BCUT2D eigenvalue weighted by Gasteiger charge is -2.44. The predicted molar refractivity (Wildman–Crippen MR) is 134 cm³/mol. The summed E-state index contributed by atoms with van der Waals surface area (Å²) < 4.78 is 28.1. The van der Waals surface area contributed by atoms with E-state index in [4.69, 9.17) is 16.6 Å². The molecule has 1 spiro atoms. The van der Waals surface area contributed by atoms with E-state index in [1.165, 1.54) is 5.56 Å². The van der Waals surface area contributed by atoms with Crippen LogP contribution in [0.2, 0.25) is 5.02 Å². The lowest BCUT2D eigenvalue weighted by molar-refractivity contribution is 0.241. The molecule has 8 heteroatoms. The van der Waals surface area contributed by atoms with Crippen LogP contribution in [0.5, 0.6) is 0 Å². The highest BCUT2D eigenvalue weighted by Gasteiger charge is 2.43. The lowest BCUT2D eigenvalue weighted by Crippen LogP contribution is -2.64. The number of sulfonamides is 1. The second-order valence-electron chi connectivity index (χ2n) is 9.37. The van der Waals surface area contributed by atoms with Crippen LogP contribution in [-0.4, -0.2) is 50.3 Å². The molecule has 4 rings (SSSR count). The fourth-order valence-electron chi connectivity index (χ4n) is 4.65. The summed E-state index contributed by atoms with van der Waals surface area (Å²) in [7, 11) is -3.51. The Bertz CT molecular complexity index is 1070. The smallest absolute Gasteiger partial charge is 0.243 e. The Kier molecular flexibility index (Phi) is 7.43. The Hall–Kier alpha value is -1.93. The first-order chi connectivity index (χ1) is 15.8. The van der Waals surface area contributed by atoms with Crippen molar-refractivity contribution in [1.82, 2.24) is 14.9 Å². The van der Waals surface area contributed by atoms with Gasteiger partial charge in [-0.05, 0) is 60.6 Å². The standard InChI is InChI=1S/C25H33ClN4O2S/c1-19(2)17-20-5-9-23(10-6-20)33(31,32)30-15-11-25(12-16-30)24(27-13-14-29-25)28-18-21-3-7-22(26)8-4-21/h3-10,19,29H,11-18H2,1-2H3,(H,27,28). The number of nitrogens with one attached hydrogen (secondary N) is 2. The molecule has 0 aliphatic carbocycles. The Balaban J connectivity index is 1.42. The number of halogens is 1. The van der Waals surface area contributed by atoms with Gasteiger partial charge in [0.1, 0.15) is 5.84 Å². The van der Waals surface area contributed by atoms with Gasteiger partial charge in [-0.15, -0.1) is 0 Å². The first-order valence-electron chi connectivity index (χ1n) is 11.7. The molecule has 2 N–H and O–H groups in total. The van der Waals surface area contributed by atoms with Crippen molar-refractivity contribution in [3.05, 3.63) is 64.7 Å². The van der Waals surface area contributed by atoms with E-state index in [-0.39, 0.29) is 5.54 Å². The second kappa shape index (κ2) is 10.1. The van der Waals surface area contributed by atoms with Crippen molar-refractivity contribution in [3.63, 3.8) is 0 Å². The summed E-state index contributed by atoms with van der Waals surface area (Å²) in [6, 6.07) is 15.1. The molecule has 2 aliphatic rings. The van der Waals surface area contributed by atoms with Gasteiger partial charge in [0.05, 0.1) is 17.0 Å². The molecule has 2 aliphatic heterocycles. The van der Waals surface area contributed by atoms with Crippen LogP contribution in [0.4, 0.5) is 0 Å². The van der Waals surface area contributed by atoms with Crippen molar-refractivity contribution in [2.45, 2.75) is 50.1 Å². The highest BCUT2D eigenvalue weighted by molar-refractivity contribution is 7.89. The molecule has 2 aromatic rings. The normalized spacial score (nSPS) is 19.0. The molecule has 0 bridgehead atoms. The van der Waals surface area contributed by atoms with Crippen LogP contribution in [0, 0.1) is 5.92 Å². The summed E-state index contributed by atoms with van der Waals surface area (Å²) in [4.78, 5) is 5.14. The summed E-state index contributed by atoms with van der Waals surface area (Å²) in [5, 5.41) is 7.85. The van der Waals surface area contributed by atoms with Gasteiger partial charge in [0, 0.05) is 31.2 Å². The number of hydrogen-bond acceptors (Lipinski definition) is 5. The third-order valence-electron chi connectivity index (χ3n) is 6.45. The van der Waals surface area contributed by atoms with Crippen molar-refractivity contribution >= 4 is 27.5 Å². The maximum absolute atomic E-state index is 13.3. The fourth-order valence-corrected chi connectivity index (χ4v) is 6.22. The minimum absolute atomic E-state index is 0.308. The molecule has 0 radical (unpaired) electrons. The monoisotopic (exact) mass is 488 g/mol. The van der Waals surface area contributed by atoms with E-state index in [9.17, 15) is 8.42 Å². The topological polar surface area (TPSA) is 73.8 Å². The third-order valence-corrected chi connectivity index (χ3v) is 8.62. The number of piperidine rings is 1. The molecule has 2 heterocycles. The van der Waals surface area contributed by atoms with Gasteiger partial charge in [-0.25, -0.2) is 8.42 Å². The minimum Gasteiger partial charge on any atom is -0.368 e. The summed E-state index contributed by atoms with van der Waals surface area (Å²) in [5.74, 6) is 1.47. The molecule has 33 heavy (non-hydrogen) atoms. The zero-order chi connectivity index (χ0) is 23.5. The molecule has 0 aromatic heterocycles. The van der Waals surface area contributed by atoms with Gasteiger partial charge in [-0.3, -0.25) is 4.99 Å². The van der Waals surface area contributed by atoms with E-state index in [1.807, 2.05) is 36.4 Å². The summed E-state index contributed by atoms with van der Waals surface area (Å²) >= 11 is 5.99. The number of amidine groups is 1. The molecular formula is C25H33ClN4O2S. The quantitative estimate of drug-likeness (QED) is 0.647. The van der Waals surface area contributed by atoms with Crippen LogP contribution in [0.15, 0.2) is 58.4 Å². The number of nitrogens with zero attached hydrogens (tertiary/aromatic N) is 2. The number of benzene rings is 2. The molecule has 0 atom stereocenters. The van der Waals surface area contributed by atoms with E-state index >= 15 is 0 Å². The highest BCUT2D eigenvalue weighted by atomic mass is 35.5. The Labute approximate surface area is 202 Å². The van der Waals surface area contributed by atoms with Crippen molar-refractivity contribution in [2.75, 3.05) is 26.2 Å². The van der Waals surface area contributed by atoms with Crippen LogP contribution in [0.25, 0.3) is 0 Å². The highest BCUT2D eigenvalue weighted by Crippen LogP contribution is 2.29. The van der Waals surface area contributed by atoms with E-state index < -0.39 is 10.0 Å². The molecule has 1 fully saturated rings. The van der Waals surface area contributed by atoms with E-state index in [2.05, 4.69) is 24.5 Å². The summed E-state index contributed by atoms with van der Waals surface area (Å²) in [5.41, 5.74) is 1.99. The first kappa shape index (κ1) is 24.2. The minimum atomic E-state index is -3.51. The van der Waals surface area contributed by atoms with Gasteiger partial charge < -0.3 is 10.6 Å². The fraction of sp³-hybridized carbons (Fsp3) is 0.480. The Morgan fingerprint density at radius 2 is 1.70 bits per heavy atom. The Morgan fingerprint density at radius 3 is 2.33 bits per heavy atom. The Morgan fingerprint density at radius 1 is 1.06 bits per heavy atom. The van der Waals surface area contributed by atoms with Crippen LogP contribution in [-0.2, 0) is 23.0 Å². The van der Waals surface area contributed by atoms with E-state index in [1.54, 1.807) is 16.4 Å². The molecular weight excluding hydrogens is 456 g/mol. The van der Waals surface area contributed by atoms with Gasteiger partial charge in [0.15, 0.2) is 0 Å². The van der Waals surface area contributed by atoms with Crippen LogP contribution in [0.1, 0.15) is 37.8 Å². The molecule has 1 saturated heterocycles. The maximum Gasteiger partial charge on any atom is 0.243 e. The van der Waals surface area contributed by atoms with Gasteiger partial charge >= 0.3 is 0 Å². The number of rotatable bonds is 6. The van der Waals surface area contributed by atoms with Gasteiger partial charge in [0.25, 0.3) is 0 Å². The van der Waals surface area contributed by atoms with Crippen molar-refractivity contribution in [1.29, 1.82) is 0 Å².